The fourth-order valence-electron chi connectivity index (χ4n) is 1.26. The number of pyridine rings is 1. The Morgan fingerprint density at radius 1 is 1.19 bits per heavy atom. The third-order valence-corrected chi connectivity index (χ3v) is 1.96. The highest BCUT2D eigenvalue weighted by molar-refractivity contribution is 14.0. The van der Waals surface area contributed by atoms with Crippen LogP contribution in [-0.2, 0) is 6.42 Å². The van der Waals surface area contributed by atoms with Crippen molar-refractivity contribution >= 4 is 29.7 Å². The van der Waals surface area contributed by atoms with Gasteiger partial charge >= 0.3 is 0 Å². The van der Waals surface area contributed by atoms with Crippen LogP contribution in [0.5, 0.6) is 0 Å². The Labute approximate surface area is 117 Å². The maximum atomic E-state index is 4.27. The number of rotatable bonds is 2. The molecule has 2 nitrogen and oxygen atoms in total. The maximum absolute atomic E-state index is 4.27. The first kappa shape index (κ1) is 18.1. The topological polar surface area (TPSA) is 16.1 Å². The summed E-state index contributed by atoms with van der Waals surface area (Å²) in [7, 11) is 4.13. The molecule has 0 radical (unpaired) electrons. The van der Waals surface area contributed by atoms with Crippen molar-refractivity contribution in [3.63, 3.8) is 0 Å². The van der Waals surface area contributed by atoms with Gasteiger partial charge in [-0.25, -0.2) is 0 Å². The summed E-state index contributed by atoms with van der Waals surface area (Å²) in [5, 5.41) is 0. The summed E-state index contributed by atoms with van der Waals surface area (Å²) in [5.74, 6) is 0. The molecule has 1 heterocycles. The molecular weight excluding hydrogens is 311 g/mol. The first-order valence-corrected chi connectivity index (χ1v) is 5.69. The van der Waals surface area contributed by atoms with Crippen molar-refractivity contribution in [2.45, 2.75) is 40.5 Å². The second kappa shape index (κ2) is 9.87. The Hall–Kier alpha value is -0.320. The van der Waals surface area contributed by atoms with Gasteiger partial charge in [0.1, 0.15) is 0 Å². The molecule has 0 atom stereocenters. The Morgan fingerprint density at radius 2 is 1.69 bits per heavy atom. The molecular formula is C13H25IN2. The maximum Gasteiger partial charge on any atom is 0.0427 e. The van der Waals surface area contributed by atoms with E-state index in [9.17, 15) is 0 Å². The van der Waals surface area contributed by atoms with Gasteiger partial charge in [-0.05, 0) is 25.0 Å². The van der Waals surface area contributed by atoms with E-state index >= 15 is 0 Å². The molecule has 0 N–H and O–H groups in total. The van der Waals surface area contributed by atoms with Crippen LogP contribution in [0.2, 0.25) is 0 Å². The zero-order valence-corrected chi connectivity index (χ0v) is 13.7. The molecule has 1 aromatic rings. The third-order valence-electron chi connectivity index (χ3n) is 1.96. The van der Waals surface area contributed by atoms with Crippen LogP contribution in [0.4, 0.5) is 5.69 Å². The van der Waals surface area contributed by atoms with Crippen LogP contribution in [-0.4, -0.2) is 19.1 Å². The summed E-state index contributed by atoms with van der Waals surface area (Å²) in [5.41, 5.74) is 3.67. The van der Waals surface area contributed by atoms with Crippen LogP contribution in [0, 0.1) is 6.92 Å². The summed E-state index contributed by atoms with van der Waals surface area (Å²) < 4.78 is 0. The molecule has 0 aliphatic heterocycles. The van der Waals surface area contributed by atoms with Crippen molar-refractivity contribution in [1.29, 1.82) is 0 Å². The first-order chi connectivity index (χ1) is 7.06. The van der Waals surface area contributed by atoms with E-state index in [2.05, 4.69) is 50.8 Å². The fraction of sp³-hybridized carbons (Fsp3) is 0.615. The zero-order chi connectivity index (χ0) is 11.8. The molecule has 0 spiro atoms. The van der Waals surface area contributed by atoms with E-state index in [1.807, 2.05) is 13.1 Å². The van der Waals surface area contributed by atoms with Gasteiger partial charge in [-0.1, -0.05) is 27.2 Å². The summed E-state index contributed by atoms with van der Waals surface area (Å²) in [6, 6.07) is 2.12. The van der Waals surface area contributed by atoms with Crippen LogP contribution in [0.25, 0.3) is 0 Å². The van der Waals surface area contributed by atoms with Crippen molar-refractivity contribution < 1.29 is 0 Å². The quantitative estimate of drug-likeness (QED) is 0.758. The van der Waals surface area contributed by atoms with Gasteiger partial charge in [0.15, 0.2) is 0 Å². The molecule has 0 aliphatic carbocycles. The van der Waals surface area contributed by atoms with E-state index in [4.69, 9.17) is 0 Å². The number of halogens is 1. The number of nitrogens with zero attached hydrogens (tertiary/aromatic N) is 2. The van der Waals surface area contributed by atoms with Crippen molar-refractivity contribution in [3.8, 4) is 0 Å². The molecule has 0 fully saturated rings. The third kappa shape index (κ3) is 6.30. The van der Waals surface area contributed by atoms with Gasteiger partial charge in [-0.2, -0.15) is 0 Å². The predicted octanol–water partition coefficient (Wildman–Crippen LogP) is 4.05. The Balaban J connectivity index is 0. The normalized spacial score (nSPS) is 8.62. The number of hydrogen-bond donors (Lipinski definition) is 0. The van der Waals surface area contributed by atoms with Crippen LogP contribution in [0.3, 0.4) is 0 Å². The van der Waals surface area contributed by atoms with E-state index in [0.717, 1.165) is 12.1 Å². The molecule has 0 saturated carbocycles. The molecule has 0 bridgehead atoms. The second-order valence-corrected chi connectivity index (χ2v) is 3.91. The van der Waals surface area contributed by atoms with Gasteiger partial charge in [0.25, 0.3) is 0 Å². The zero-order valence-electron chi connectivity index (χ0n) is 11.4. The van der Waals surface area contributed by atoms with Crippen LogP contribution >= 0.6 is 24.0 Å². The number of hydrogen-bond acceptors (Lipinski definition) is 2. The van der Waals surface area contributed by atoms with Crippen molar-refractivity contribution in [2.24, 2.45) is 0 Å². The number of aromatic nitrogens is 1. The van der Waals surface area contributed by atoms with Gasteiger partial charge in [0.05, 0.1) is 0 Å². The molecule has 1 aromatic heterocycles. The summed E-state index contributed by atoms with van der Waals surface area (Å²) >= 11 is 0. The molecule has 0 aromatic carbocycles. The molecule has 0 unspecified atom stereocenters. The monoisotopic (exact) mass is 336 g/mol. The van der Waals surface area contributed by atoms with E-state index in [0.29, 0.717) is 0 Å². The number of anilines is 1. The highest BCUT2D eigenvalue weighted by Gasteiger charge is 2.02. The fourth-order valence-corrected chi connectivity index (χ4v) is 1.26. The smallest absolute Gasteiger partial charge is 0.0427 e. The van der Waals surface area contributed by atoms with Gasteiger partial charge < -0.3 is 4.90 Å². The van der Waals surface area contributed by atoms with Crippen molar-refractivity contribution in [2.75, 3.05) is 19.0 Å². The van der Waals surface area contributed by atoms with Crippen molar-refractivity contribution in [3.05, 3.63) is 23.5 Å². The molecule has 16 heavy (non-hydrogen) atoms. The first-order valence-electron chi connectivity index (χ1n) is 5.69. The highest BCUT2D eigenvalue weighted by Crippen LogP contribution is 2.18. The molecule has 3 heteroatoms. The molecule has 0 saturated heterocycles. The highest BCUT2D eigenvalue weighted by atomic mass is 127. The standard InChI is InChI=1S/C10H16N2.C3H8.HI/c1-5-9-7-11-8(2)6-10(9)12(3)4;1-3-2;/h6-7H,5H2,1-4H3;3H2,1-2H3;1H. The SMILES string of the molecule is CCC.CCc1cnc(C)cc1N(C)C.I. The molecule has 94 valence electrons. The lowest BCUT2D eigenvalue weighted by atomic mass is 10.1. The Kier molecular flexibility index (Phi) is 11.1. The summed E-state index contributed by atoms with van der Waals surface area (Å²) in [4.78, 5) is 6.40. The second-order valence-electron chi connectivity index (χ2n) is 3.91. The van der Waals surface area contributed by atoms with Crippen LogP contribution < -0.4 is 4.90 Å². The van der Waals surface area contributed by atoms with Gasteiger partial charge in [0.2, 0.25) is 0 Å². The van der Waals surface area contributed by atoms with Gasteiger partial charge in [-0.3, -0.25) is 4.98 Å². The van der Waals surface area contributed by atoms with Crippen LogP contribution in [0.15, 0.2) is 12.3 Å². The lowest BCUT2D eigenvalue weighted by molar-refractivity contribution is 1.02. The van der Waals surface area contributed by atoms with E-state index in [1.54, 1.807) is 0 Å². The van der Waals surface area contributed by atoms with Crippen LogP contribution in [0.1, 0.15) is 38.4 Å². The molecule has 0 amide bonds. The minimum Gasteiger partial charge on any atom is -0.377 e. The molecule has 0 aliphatic rings. The van der Waals surface area contributed by atoms with E-state index < -0.39 is 0 Å². The van der Waals surface area contributed by atoms with Crippen molar-refractivity contribution in [1.82, 2.24) is 4.98 Å². The predicted molar refractivity (Wildman–Crippen MR) is 84.1 cm³/mol. The van der Waals surface area contributed by atoms with E-state index in [-0.39, 0.29) is 24.0 Å². The summed E-state index contributed by atoms with van der Waals surface area (Å²) in [6.45, 7) is 8.42. The Bertz CT molecular complexity index is 285. The number of aryl methyl sites for hydroxylation is 2. The van der Waals surface area contributed by atoms with E-state index in [1.165, 1.54) is 17.7 Å². The Morgan fingerprint density at radius 3 is 2.06 bits per heavy atom. The molecule has 1 rings (SSSR count). The largest absolute Gasteiger partial charge is 0.377 e. The lowest BCUT2D eigenvalue weighted by Gasteiger charge is -2.16. The average molecular weight is 336 g/mol. The average Bonchev–Trinajstić information content (AvgIpc) is 2.19. The lowest BCUT2D eigenvalue weighted by Crippen LogP contribution is -2.11. The van der Waals surface area contributed by atoms with Gasteiger partial charge in [-0.15, -0.1) is 24.0 Å². The minimum atomic E-state index is 0. The summed E-state index contributed by atoms with van der Waals surface area (Å²) in [6.07, 6.45) is 4.26. The minimum absolute atomic E-state index is 0. The van der Waals surface area contributed by atoms with Gasteiger partial charge in [0, 0.05) is 31.7 Å².